The maximum absolute atomic E-state index is 14.1. The summed E-state index contributed by atoms with van der Waals surface area (Å²) in [7, 11) is 1.57. The van der Waals surface area contributed by atoms with Gasteiger partial charge in [0.15, 0.2) is 17.6 Å². The van der Waals surface area contributed by atoms with Gasteiger partial charge >= 0.3 is 5.97 Å². The Kier molecular flexibility index (Phi) is 8.17. The lowest BCUT2D eigenvalue weighted by Crippen LogP contribution is -2.51. The lowest BCUT2D eigenvalue weighted by molar-refractivity contribution is -0.161. The Bertz CT molecular complexity index is 1290. The van der Waals surface area contributed by atoms with Crippen LogP contribution < -0.4 is 9.47 Å². The number of nitrogens with zero attached hydrogens (tertiary/aromatic N) is 1. The Morgan fingerprint density at radius 1 is 1.00 bits per heavy atom. The van der Waals surface area contributed by atoms with Crippen molar-refractivity contribution in [3.8, 4) is 11.5 Å². The number of carboxylic acid groups (broad SMARTS) is 1. The van der Waals surface area contributed by atoms with Gasteiger partial charge in [0.25, 0.3) is 5.91 Å². The number of carboxylic acids is 1. The summed E-state index contributed by atoms with van der Waals surface area (Å²) in [5, 5.41) is 10.3. The molecule has 0 saturated heterocycles. The number of fused-ring (bicyclic) bond motifs is 1. The van der Waals surface area contributed by atoms with Crippen LogP contribution >= 0.6 is 0 Å². The van der Waals surface area contributed by atoms with E-state index < -0.39 is 18.1 Å². The molecule has 1 saturated carbocycles. The van der Waals surface area contributed by atoms with Crippen LogP contribution in [0, 0.1) is 5.92 Å². The molecule has 3 aromatic carbocycles. The fourth-order valence-electron chi connectivity index (χ4n) is 5.66. The first kappa shape index (κ1) is 26.8. The van der Waals surface area contributed by atoms with Crippen molar-refractivity contribution < 1.29 is 28.9 Å². The van der Waals surface area contributed by atoms with E-state index in [1.165, 1.54) is 4.90 Å². The standard InChI is InChI=1S/C32H35NO6/c1-21-10-9-15-27(21)39-29(23-13-7-4-8-14-23)31(34)33-19-24-16-17-28(37-2)30(25(24)18-26(33)32(35)36)38-20-22-11-5-3-6-12-22/h3-8,11-14,16-17,21,26-27,29H,9-10,15,18-20H2,1-2H3,(H,35,36)/t21-,26+,27-,29-/m0/s1. The van der Waals surface area contributed by atoms with Crippen LogP contribution in [0.5, 0.6) is 11.5 Å². The van der Waals surface area contributed by atoms with Crippen molar-refractivity contribution >= 4 is 11.9 Å². The Morgan fingerprint density at radius 2 is 1.72 bits per heavy atom. The molecule has 0 radical (unpaired) electrons. The first-order valence-corrected chi connectivity index (χ1v) is 13.6. The molecule has 1 N–H and O–H groups in total. The summed E-state index contributed by atoms with van der Waals surface area (Å²) in [6.45, 7) is 2.60. The summed E-state index contributed by atoms with van der Waals surface area (Å²) in [4.78, 5) is 28.1. The van der Waals surface area contributed by atoms with Gasteiger partial charge in [-0.15, -0.1) is 0 Å². The number of benzene rings is 3. The molecule has 2 aliphatic rings. The number of ether oxygens (including phenoxy) is 3. The van der Waals surface area contributed by atoms with Crippen molar-refractivity contribution in [3.63, 3.8) is 0 Å². The summed E-state index contributed by atoms with van der Waals surface area (Å²) in [6.07, 6.45) is 2.21. The third-order valence-corrected chi connectivity index (χ3v) is 7.87. The summed E-state index contributed by atoms with van der Waals surface area (Å²) in [5.41, 5.74) is 3.32. The minimum Gasteiger partial charge on any atom is -0.493 e. The van der Waals surface area contributed by atoms with Crippen molar-refractivity contribution in [2.75, 3.05) is 7.11 Å². The molecule has 0 aromatic heterocycles. The van der Waals surface area contributed by atoms with Crippen molar-refractivity contribution in [2.45, 2.75) is 64.0 Å². The lowest BCUT2D eigenvalue weighted by Gasteiger charge is -2.38. The van der Waals surface area contributed by atoms with E-state index in [4.69, 9.17) is 14.2 Å². The van der Waals surface area contributed by atoms with Crippen molar-refractivity contribution in [1.82, 2.24) is 4.90 Å². The maximum atomic E-state index is 14.1. The zero-order valence-electron chi connectivity index (χ0n) is 22.4. The van der Waals surface area contributed by atoms with Gasteiger partial charge in [-0.3, -0.25) is 4.79 Å². The summed E-state index contributed by atoms with van der Waals surface area (Å²) in [5.74, 6) is 0.00750. The van der Waals surface area contributed by atoms with Crippen molar-refractivity contribution in [1.29, 1.82) is 0 Å². The SMILES string of the molecule is COc1ccc2c(c1OCc1ccccc1)C[C@H](C(=O)O)N(C(=O)[C@@H](O[C@H]1CCC[C@@H]1C)c1ccccc1)C2. The first-order valence-electron chi connectivity index (χ1n) is 13.6. The molecule has 4 atom stereocenters. The van der Waals surface area contributed by atoms with E-state index in [1.54, 1.807) is 7.11 Å². The van der Waals surface area contributed by atoms with E-state index in [9.17, 15) is 14.7 Å². The number of amides is 1. The predicted molar refractivity (Wildman–Crippen MR) is 147 cm³/mol. The van der Waals surface area contributed by atoms with E-state index in [0.29, 0.717) is 24.0 Å². The molecular weight excluding hydrogens is 494 g/mol. The maximum Gasteiger partial charge on any atom is 0.326 e. The number of methoxy groups -OCH3 is 1. The van der Waals surface area contributed by atoms with Crippen LogP contribution in [-0.2, 0) is 33.9 Å². The van der Waals surface area contributed by atoms with E-state index >= 15 is 0 Å². The van der Waals surface area contributed by atoms with Crippen molar-refractivity contribution in [3.05, 3.63) is 95.1 Å². The summed E-state index contributed by atoms with van der Waals surface area (Å²) < 4.78 is 18.2. The van der Waals surface area contributed by atoms with E-state index in [2.05, 4.69) is 6.92 Å². The Balaban J connectivity index is 1.46. The first-order chi connectivity index (χ1) is 19.0. The zero-order valence-corrected chi connectivity index (χ0v) is 22.4. The van der Waals surface area contributed by atoms with Crippen molar-refractivity contribution in [2.24, 2.45) is 5.92 Å². The summed E-state index contributed by atoms with van der Waals surface area (Å²) >= 11 is 0. The highest BCUT2D eigenvalue weighted by molar-refractivity contribution is 5.88. The second-order valence-corrected chi connectivity index (χ2v) is 10.4. The Labute approximate surface area is 229 Å². The van der Waals surface area contributed by atoms with Gasteiger partial charge in [0.2, 0.25) is 0 Å². The molecule has 39 heavy (non-hydrogen) atoms. The molecule has 1 aliphatic heterocycles. The minimum absolute atomic E-state index is 0.0400. The van der Waals surface area contributed by atoms with Gasteiger partial charge in [-0.05, 0) is 41.5 Å². The van der Waals surface area contributed by atoms with Gasteiger partial charge in [0.1, 0.15) is 12.6 Å². The number of aliphatic carboxylic acids is 1. The predicted octanol–water partition coefficient (Wildman–Crippen LogP) is 5.56. The van der Waals surface area contributed by atoms with Gasteiger partial charge in [0, 0.05) is 18.5 Å². The largest absolute Gasteiger partial charge is 0.493 e. The highest BCUT2D eigenvalue weighted by Crippen LogP contribution is 2.40. The van der Waals surface area contributed by atoms with E-state index in [0.717, 1.165) is 41.5 Å². The van der Waals surface area contributed by atoms with E-state index in [1.807, 2.05) is 72.8 Å². The number of rotatable bonds is 9. The van der Waals surface area contributed by atoms with E-state index in [-0.39, 0.29) is 25.0 Å². The normalized spacial score (nSPS) is 21.2. The van der Waals surface area contributed by atoms with Crippen LogP contribution in [0.25, 0.3) is 0 Å². The van der Waals surface area contributed by atoms with Gasteiger partial charge in [-0.1, -0.05) is 80.1 Å². The number of hydrogen-bond donors (Lipinski definition) is 1. The fourth-order valence-corrected chi connectivity index (χ4v) is 5.66. The third kappa shape index (κ3) is 5.78. The second-order valence-electron chi connectivity index (χ2n) is 10.4. The molecule has 3 aromatic rings. The second kappa shape index (κ2) is 11.9. The molecule has 0 unspecified atom stereocenters. The van der Waals surface area contributed by atoms with Crippen LogP contribution in [0.4, 0.5) is 0 Å². The molecular formula is C32H35NO6. The average molecular weight is 530 g/mol. The zero-order chi connectivity index (χ0) is 27.4. The highest BCUT2D eigenvalue weighted by Gasteiger charge is 2.41. The molecule has 7 heteroatoms. The van der Waals surface area contributed by atoms with Crippen LogP contribution in [0.1, 0.15) is 54.5 Å². The fraction of sp³-hybridized carbons (Fsp3) is 0.375. The molecule has 1 heterocycles. The monoisotopic (exact) mass is 529 g/mol. The topological polar surface area (TPSA) is 85.3 Å². The molecule has 0 bridgehead atoms. The highest BCUT2D eigenvalue weighted by atomic mass is 16.5. The minimum atomic E-state index is -1.06. The quantitative estimate of drug-likeness (QED) is 0.391. The molecule has 7 nitrogen and oxygen atoms in total. The average Bonchev–Trinajstić information content (AvgIpc) is 3.38. The third-order valence-electron chi connectivity index (χ3n) is 7.87. The van der Waals surface area contributed by atoms with Gasteiger partial charge in [-0.25, -0.2) is 4.79 Å². The Hall–Kier alpha value is -3.84. The molecule has 204 valence electrons. The van der Waals surface area contributed by atoms with Gasteiger partial charge in [0.05, 0.1) is 13.2 Å². The molecule has 1 aliphatic carbocycles. The van der Waals surface area contributed by atoms with Crippen LogP contribution in [0.3, 0.4) is 0 Å². The molecule has 5 rings (SSSR count). The van der Waals surface area contributed by atoms with Crippen LogP contribution in [0.15, 0.2) is 72.8 Å². The van der Waals surface area contributed by atoms with Gasteiger partial charge in [-0.2, -0.15) is 0 Å². The summed E-state index contributed by atoms with van der Waals surface area (Å²) in [6, 6.07) is 21.8. The molecule has 1 fully saturated rings. The van der Waals surface area contributed by atoms with Crippen LogP contribution in [0.2, 0.25) is 0 Å². The molecule has 1 amide bonds. The Morgan fingerprint density at radius 3 is 2.36 bits per heavy atom. The van der Waals surface area contributed by atoms with Crippen LogP contribution in [-0.4, -0.2) is 41.1 Å². The van der Waals surface area contributed by atoms with Gasteiger partial charge < -0.3 is 24.2 Å². The molecule has 0 spiro atoms. The lowest BCUT2D eigenvalue weighted by atomic mass is 9.91. The number of carbonyl (C=O) groups excluding carboxylic acids is 1. The number of carbonyl (C=O) groups is 2. The number of hydrogen-bond acceptors (Lipinski definition) is 5. The smallest absolute Gasteiger partial charge is 0.326 e.